The molecule has 0 radical (unpaired) electrons. The summed E-state index contributed by atoms with van der Waals surface area (Å²) in [4.78, 5) is 31.8. The van der Waals surface area contributed by atoms with Crippen LogP contribution in [0, 0.1) is 0 Å². The highest BCUT2D eigenvalue weighted by Crippen LogP contribution is 2.29. The first-order valence-corrected chi connectivity index (χ1v) is 10.2. The van der Waals surface area contributed by atoms with Crippen molar-refractivity contribution in [2.45, 2.75) is 18.8 Å². The molecule has 1 aliphatic rings. The molecule has 33 heavy (non-hydrogen) atoms. The maximum absolute atomic E-state index is 13.1. The summed E-state index contributed by atoms with van der Waals surface area (Å²) in [5.41, 5.74) is 2.36. The Bertz CT molecular complexity index is 1210. The van der Waals surface area contributed by atoms with Crippen molar-refractivity contribution in [3.63, 3.8) is 0 Å². The lowest BCUT2D eigenvalue weighted by Crippen LogP contribution is -2.46. The van der Waals surface area contributed by atoms with Crippen LogP contribution in [0.1, 0.15) is 22.3 Å². The van der Waals surface area contributed by atoms with Crippen LogP contribution in [0.5, 0.6) is 0 Å². The number of likely N-dealkylation sites (N-methyl/N-ethyl adjacent to an activating group) is 1. The summed E-state index contributed by atoms with van der Waals surface area (Å²) in [6.45, 7) is 0. The predicted molar refractivity (Wildman–Crippen MR) is 119 cm³/mol. The normalized spacial score (nSPS) is 16.0. The van der Waals surface area contributed by atoms with Gasteiger partial charge in [0.05, 0.1) is 23.4 Å². The first-order valence-electron chi connectivity index (χ1n) is 10.2. The largest absolute Gasteiger partial charge is 0.416 e. The number of alkyl halides is 3. The maximum atomic E-state index is 13.1. The molecule has 0 saturated heterocycles. The smallest absolute Gasteiger partial charge is 0.326 e. The van der Waals surface area contributed by atoms with Gasteiger partial charge in [-0.1, -0.05) is 60.7 Å². The molecule has 2 amide bonds. The lowest BCUT2D eigenvalue weighted by molar-refractivity contribution is -0.137. The molecule has 0 bridgehead atoms. The summed E-state index contributed by atoms with van der Waals surface area (Å²) in [5.74, 6) is -0.947. The van der Waals surface area contributed by atoms with Gasteiger partial charge in [0.15, 0.2) is 0 Å². The first-order chi connectivity index (χ1) is 15.7. The average molecular weight is 451 g/mol. The summed E-state index contributed by atoms with van der Waals surface area (Å²) in [7, 11) is 1.61. The van der Waals surface area contributed by atoms with Gasteiger partial charge in [0.1, 0.15) is 0 Å². The summed E-state index contributed by atoms with van der Waals surface area (Å²) < 4.78 is 38.3. The Morgan fingerprint density at radius 3 is 2.27 bits per heavy atom. The number of para-hydroxylation sites is 1. The van der Waals surface area contributed by atoms with Gasteiger partial charge >= 0.3 is 6.18 Å². The Morgan fingerprint density at radius 1 is 0.970 bits per heavy atom. The molecule has 1 aliphatic heterocycles. The number of halogens is 3. The van der Waals surface area contributed by atoms with Crippen LogP contribution < -0.4 is 10.2 Å². The molecule has 8 heteroatoms. The SMILES string of the molecule is CN1C(=O)C(NC(=O)Cc2ccc(C(F)(F)F)cc2)N=C(c2ccccc2)c2ccccc21. The molecule has 1 atom stereocenters. The van der Waals surface area contributed by atoms with Gasteiger partial charge in [0.2, 0.25) is 12.1 Å². The highest BCUT2D eigenvalue weighted by molar-refractivity contribution is 6.20. The number of benzene rings is 3. The number of carbonyl (C=O) groups excluding carboxylic acids is 2. The molecule has 0 fully saturated rings. The van der Waals surface area contributed by atoms with Gasteiger partial charge < -0.3 is 10.2 Å². The van der Waals surface area contributed by atoms with Crippen molar-refractivity contribution in [3.8, 4) is 0 Å². The van der Waals surface area contributed by atoms with Crippen molar-refractivity contribution in [1.29, 1.82) is 0 Å². The van der Waals surface area contributed by atoms with Gasteiger partial charge in [0.25, 0.3) is 5.91 Å². The van der Waals surface area contributed by atoms with E-state index >= 15 is 0 Å². The third-order valence-corrected chi connectivity index (χ3v) is 5.33. The van der Waals surface area contributed by atoms with Gasteiger partial charge in [-0.25, -0.2) is 4.99 Å². The number of carbonyl (C=O) groups is 2. The zero-order chi connectivity index (χ0) is 23.6. The number of nitrogens with one attached hydrogen (secondary N) is 1. The van der Waals surface area contributed by atoms with Crippen LogP contribution >= 0.6 is 0 Å². The molecule has 0 aliphatic carbocycles. The van der Waals surface area contributed by atoms with E-state index in [9.17, 15) is 22.8 Å². The summed E-state index contributed by atoms with van der Waals surface area (Å²) >= 11 is 0. The van der Waals surface area contributed by atoms with Gasteiger partial charge in [-0.2, -0.15) is 13.2 Å². The molecule has 0 saturated carbocycles. The van der Waals surface area contributed by atoms with E-state index in [0.29, 0.717) is 17.0 Å². The molecule has 1 heterocycles. The number of anilines is 1. The number of hydrogen-bond acceptors (Lipinski definition) is 3. The Kier molecular flexibility index (Phi) is 6.00. The van der Waals surface area contributed by atoms with E-state index in [1.165, 1.54) is 17.0 Å². The third kappa shape index (κ3) is 4.79. The van der Waals surface area contributed by atoms with Gasteiger partial charge in [-0.05, 0) is 23.8 Å². The van der Waals surface area contributed by atoms with Crippen molar-refractivity contribution in [2.75, 3.05) is 11.9 Å². The summed E-state index contributed by atoms with van der Waals surface area (Å²) in [6, 6.07) is 21.0. The molecule has 3 aromatic rings. The Morgan fingerprint density at radius 2 is 1.61 bits per heavy atom. The van der Waals surface area contributed by atoms with Crippen molar-refractivity contribution >= 4 is 23.2 Å². The zero-order valence-corrected chi connectivity index (χ0v) is 17.6. The Balaban J connectivity index is 1.61. The number of hydrogen-bond donors (Lipinski definition) is 1. The van der Waals surface area contributed by atoms with Gasteiger partial charge in [-0.15, -0.1) is 0 Å². The zero-order valence-electron chi connectivity index (χ0n) is 17.6. The lowest BCUT2D eigenvalue weighted by Gasteiger charge is -2.21. The standard InChI is InChI=1S/C25H20F3N3O2/c1-31-20-10-6-5-9-19(20)22(17-7-3-2-4-8-17)30-23(24(31)33)29-21(32)15-16-11-13-18(14-12-16)25(26,27)28/h2-14,23H,15H2,1H3,(H,29,32). The van der Waals surface area contributed by atoms with Crippen LogP contribution in [0.4, 0.5) is 18.9 Å². The number of aliphatic imine (C=N–C) groups is 1. The minimum absolute atomic E-state index is 0.186. The van der Waals surface area contributed by atoms with Gasteiger partial charge in [-0.3, -0.25) is 9.59 Å². The monoisotopic (exact) mass is 451 g/mol. The minimum atomic E-state index is -4.45. The highest BCUT2D eigenvalue weighted by Gasteiger charge is 2.32. The van der Waals surface area contributed by atoms with E-state index in [-0.39, 0.29) is 6.42 Å². The number of benzodiazepines with no additional fused rings is 1. The molecule has 1 unspecified atom stereocenters. The van der Waals surface area contributed by atoms with Crippen molar-refractivity contribution in [2.24, 2.45) is 4.99 Å². The fourth-order valence-corrected chi connectivity index (χ4v) is 3.64. The average Bonchev–Trinajstić information content (AvgIpc) is 2.90. The van der Waals surface area contributed by atoms with Crippen molar-refractivity contribution in [1.82, 2.24) is 5.32 Å². The van der Waals surface area contributed by atoms with Crippen molar-refractivity contribution < 1.29 is 22.8 Å². The molecule has 0 aromatic heterocycles. The summed E-state index contributed by atoms with van der Waals surface area (Å²) in [6.07, 6.45) is -5.82. The molecule has 1 N–H and O–H groups in total. The Labute approximate surface area is 188 Å². The molecular weight excluding hydrogens is 431 g/mol. The maximum Gasteiger partial charge on any atom is 0.416 e. The summed E-state index contributed by atoms with van der Waals surface area (Å²) in [5, 5.41) is 2.63. The fraction of sp³-hybridized carbons (Fsp3) is 0.160. The number of fused-ring (bicyclic) bond motifs is 1. The van der Waals surface area contributed by atoms with E-state index in [2.05, 4.69) is 10.3 Å². The second-order valence-electron chi connectivity index (χ2n) is 7.60. The van der Waals surface area contributed by atoms with E-state index in [4.69, 9.17) is 0 Å². The van der Waals surface area contributed by atoms with Crippen LogP contribution in [-0.2, 0) is 22.2 Å². The third-order valence-electron chi connectivity index (χ3n) is 5.33. The van der Waals surface area contributed by atoms with Crippen molar-refractivity contribution in [3.05, 3.63) is 101 Å². The fourth-order valence-electron chi connectivity index (χ4n) is 3.64. The number of amides is 2. The molecule has 3 aromatic carbocycles. The minimum Gasteiger partial charge on any atom is -0.326 e. The molecule has 4 rings (SSSR count). The second-order valence-corrected chi connectivity index (χ2v) is 7.60. The van der Waals surface area contributed by atoms with E-state index in [1.54, 1.807) is 13.1 Å². The predicted octanol–water partition coefficient (Wildman–Crippen LogP) is 4.20. The first kappa shape index (κ1) is 22.3. The van der Waals surface area contributed by atoms with Crippen LogP contribution in [0.25, 0.3) is 0 Å². The number of nitrogens with zero attached hydrogens (tertiary/aromatic N) is 2. The van der Waals surface area contributed by atoms with E-state index in [0.717, 1.165) is 23.3 Å². The topological polar surface area (TPSA) is 61.8 Å². The van der Waals surface area contributed by atoms with E-state index < -0.39 is 29.7 Å². The molecular formula is C25H20F3N3O2. The molecule has 0 spiro atoms. The van der Waals surface area contributed by atoms with Crippen LogP contribution in [0.2, 0.25) is 0 Å². The van der Waals surface area contributed by atoms with Crippen LogP contribution in [-0.4, -0.2) is 30.7 Å². The highest BCUT2D eigenvalue weighted by atomic mass is 19.4. The van der Waals surface area contributed by atoms with Crippen LogP contribution in [0.3, 0.4) is 0 Å². The molecule has 5 nitrogen and oxygen atoms in total. The van der Waals surface area contributed by atoms with E-state index in [1.807, 2.05) is 48.5 Å². The lowest BCUT2D eigenvalue weighted by atomic mass is 10.0. The second kappa shape index (κ2) is 8.90. The Hall–Kier alpha value is -3.94. The number of rotatable bonds is 4. The van der Waals surface area contributed by atoms with Crippen LogP contribution in [0.15, 0.2) is 83.9 Å². The van der Waals surface area contributed by atoms with Gasteiger partial charge in [0, 0.05) is 18.2 Å². The quantitative estimate of drug-likeness (QED) is 0.646. The molecule has 168 valence electrons.